The molecule has 0 radical (unpaired) electrons. The van der Waals surface area contributed by atoms with Crippen molar-refractivity contribution < 1.29 is 14.3 Å². The second-order valence-corrected chi connectivity index (χ2v) is 4.31. The molecule has 1 aliphatic heterocycles. The van der Waals surface area contributed by atoms with Crippen molar-refractivity contribution in [2.45, 2.75) is 19.8 Å². The molecule has 1 aliphatic rings. The molecule has 0 aromatic rings. The molecule has 0 aromatic carbocycles. The molecule has 1 heterocycles. The molecular weight excluding hydrogens is 232 g/mol. The van der Waals surface area contributed by atoms with Crippen molar-refractivity contribution in [3.63, 3.8) is 0 Å². The topological polar surface area (TPSA) is 58.6 Å². The summed E-state index contributed by atoms with van der Waals surface area (Å²) >= 11 is 0. The zero-order chi connectivity index (χ0) is 13.4. The maximum absolute atomic E-state index is 11.6. The van der Waals surface area contributed by atoms with Crippen molar-refractivity contribution in [2.24, 2.45) is 5.92 Å². The summed E-state index contributed by atoms with van der Waals surface area (Å²) in [4.78, 5) is 25.1. The first-order valence-electron chi connectivity index (χ1n) is 6.26. The van der Waals surface area contributed by atoms with E-state index >= 15 is 0 Å². The lowest BCUT2D eigenvalue weighted by molar-refractivity contribution is -0.150. The van der Waals surface area contributed by atoms with E-state index in [1.807, 2.05) is 4.90 Å². The van der Waals surface area contributed by atoms with Crippen LogP contribution in [0.1, 0.15) is 19.8 Å². The molecule has 5 nitrogen and oxygen atoms in total. The summed E-state index contributed by atoms with van der Waals surface area (Å²) in [7, 11) is 0. The first-order chi connectivity index (χ1) is 8.67. The Labute approximate surface area is 108 Å². The highest BCUT2D eigenvalue weighted by atomic mass is 16.5. The van der Waals surface area contributed by atoms with Gasteiger partial charge in [0.15, 0.2) is 0 Å². The van der Waals surface area contributed by atoms with Crippen LogP contribution in [0.15, 0.2) is 0 Å². The van der Waals surface area contributed by atoms with Crippen LogP contribution >= 0.6 is 0 Å². The van der Waals surface area contributed by atoms with Crippen LogP contribution in [0.3, 0.4) is 0 Å². The van der Waals surface area contributed by atoms with Crippen LogP contribution in [0, 0.1) is 18.3 Å². The molecule has 1 fully saturated rings. The van der Waals surface area contributed by atoms with Crippen molar-refractivity contribution >= 4 is 11.9 Å². The highest BCUT2D eigenvalue weighted by Crippen LogP contribution is 2.17. The lowest BCUT2D eigenvalue weighted by atomic mass is 9.98. The average Bonchev–Trinajstić information content (AvgIpc) is 2.37. The summed E-state index contributed by atoms with van der Waals surface area (Å²) in [5.74, 6) is 1.98. The monoisotopic (exact) mass is 252 g/mol. The van der Waals surface area contributed by atoms with Crippen LogP contribution in [0.5, 0.6) is 0 Å². The van der Waals surface area contributed by atoms with Crippen LogP contribution < -0.4 is 5.32 Å². The number of piperidine rings is 1. The molecule has 1 N–H and O–H groups in total. The third-order valence-electron chi connectivity index (χ3n) is 2.88. The van der Waals surface area contributed by atoms with E-state index in [0.29, 0.717) is 13.2 Å². The molecule has 1 rings (SSSR count). The summed E-state index contributed by atoms with van der Waals surface area (Å²) in [6.07, 6.45) is 6.81. The van der Waals surface area contributed by atoms with Crippen molar-refractivity contribution in [1.29, 1.82) is 0 Å². The van der Waals surface area contributed by atoms with Gasteiger partial charge in [-0.1, -0.05) is 5.92 Å². The van der Waals surface area contributed by atoms with E-state index in [2.05, 4.69) is 11.2 Å². The summed E-state index contributed by atoms with van der Waals surface area (Å²) < 4.78 is 5.01. The number of esters is 1. The van der Waals surface area contributed by atoms with Gasteiger partial charge in [-0.25, -0.2) is 0 Å². The number of terminal acetylenes is 1. The number of ether oxygens (including phenoxy) is 1. The number of rotatable bonds is 5. The quantitative estimate of drug-likeness (QED) is 0.553. The van der Waals surface area contributed by atoms with Gasteiger partial charge in [-0.3, -0.25) is 14.5 Å². The number of carbonyl (C=O) groups excluding carboxylic acids is 2. The zero-order valence-electron chi connectivity index (χ0n) is 10.8. The van der Waals surface area contributed by atoms with E-state index in [1.54, 1.807) is 6.92 Å². The third kappa shape index (κ3) is 4.76. The minimum atomic E-state index is -0.161. The predicted octanol–water partition coefficient (Wildman–Crippen LogP) is 0.0109. The van der Waals surface area contributed by atoms with Crippen LogP contribution in [-0.2, 0) is 14.3 Å². The van der Waals surface area contributed by atoms with Gasteiger partial charge < -0.3 is 10.1 Å². The van der Waals surface area contributed by atoms with Gasteiger partial charge in [0, 0.05) is 6.54 Å². The van der Waals surface area contributed by atoms with E-state index in [9.17, 15) is 9.59 Å². The molecule has 1 amide bonds. The number of nitrogens with one attached hydrogen (secondary N) is 1. The Balaban J connectivity index is 2.37. The lowest BCUT2D eigenvalue weighted by Gasteiger charge is -2.30. The molecule has 18 heavy (non-hydrogen) atoms. The van der Waals surface area contributed by atoms with Crippen molar-refractivity contribution in [3.05, 3.63) is 0 Å². The Hall–Kier alpha value is -1.54. The van der Waals surface area contributed by atoms with E-state index in [0.717, 1.165) is 19.4 Å². The summed E-state index contributed by atoms with van der Waals surface area (Å²) in [6, 6.07) is 0. The van der Waals surface area contributed by atoms with Gasteiger partial charge in [0.1, 0.15) is 0 Å². The zero-order valence-corrected chi connectivity index (χ0v) is 10.8. The van der Waals surface area contributed by atoms with Crippen LogP contribution in [0.25, 0.3) is 0 Å². The van der Waals surface area contributed by atoms with Gasteiger partial charge in [-0.15, -0.1) is 6.42 Å². The lowest BCUT2D eigenvalue weighted by Crippen LogP contribution is -2.44. The van der Waals surface area contributed by atoms with E-state index in [-0.39, 0.29) is 30.9 Å². The molecule has 1 atom stereocenters. The molecule has 0 bridgehead atoms. The molecule has 5 heteroatoms. The van der Waals surface area contributed by atoms with E-state index in [1.165, 1.54) is 0 Å². The van der Waals surface area contributed by atoms with Crippen molar-refractivity contribution in [2.75, 3.05) is 32.8 Å². The highest BCUT2D eigenvalue weighted by Gasteiger charge is 2.27. The fraction of sp³-hybridized carbons (Fsp3) is 0.692. The summed E-state index contributed by atoms with van der Waals surface area (Å²) in [5, 5.41) is 2.62. The predicted molar refractivity (Wildman–Crippen MR) is 67.6 cm³/mol. The molecule has 100 valence electrons. The van der Waals surface area contributed by atoms with Gasteiger partial charge in [-0.2, -0.15) is 0 Å². The summed E-state index contributed by atoms with van der Waals surface area (Å²) in [6.45, 7) is 4.15. The van der Waals surface area contributed by atoms with Crippen LogP contribution in [0.2, 0.25) is 0 Å². The van der Waals surface area contributed by atoms with Gasteiger partial charge >= 0.3 is 5.97 Å². The smallest absolute Gasteiger partial charge is 0.310 e. The normalized spacial score (nSPS) is 19.9. The first-order valence-corrected chi connectivity index (χ1v) is 6.26. The SMILES string of the molecule is C#CCNC(=O)CN1CCC[C@H](C(=O)OCC)C1. The minimum Gasteiger partial charge on any atom is -0.466 e. The Kier molecular flexibility index (Phi) is 6.23. The molecule has 0 aromatic heterocycles. The fourth-order valence-electron chi connectivity index (χ4n) is 2.06. The van der Waals surface area contributed by atoms with Gasteiger partial charge in [0.2, 0.25) is 5.91 Å². The fourth-order valence-corrected chi connectivity index (χ4v) is 2.06. The Morgan fingerprint density at radius 1 is 1.56 bits per heavy atom. The number of carbonyl (C=O) groups is 2. The Bertz CT molecular complexity index is 336. The number of nitrogens with zero attached hydrogens (tertiary/aromatic N) is 1. The average molecular weight is 252 g/mol. The first kappa shape index (κ1) is 14.5. The van der Waals surface area contributed by atoms with Gasteiger partial charge in [0.25, 0.3) is 0 Å². The second-order valence-electron chi connectivity index (χ2n) is 4.31. The standard InChI is InChI=1S/C13H20N2O3/c1-3-7-14-12(16)10-15-8-5-6-11(9-15)13(17)18-4-2/h1,11H,4-10H2,2H3,(H,14,16)/t11-/m0/s1. The molecular formula is C13H20N2O3. The second kappa shape index (κ2) is 7.72. The van der Waals surface area contributed by atoms with Gasteiger partial charge in [0.05, 0.1) is 25.6 Å². The molecule has 0 aliphatic carbocycles. The molecule has 0 saturated carbocycles. The Morgan fingerprint density at radius 3 is 3.00 bits per heavy atom. The van der Waals surface area contributed by atoms with Crippen molar-refractivity contribution in [1.82, 2.24) is 10.2 Å². The minimum absolute atomic E-state index is 0.0996. The maximum Gasteiger partial charge on any atom is 0.310 e. The van der Waals surface area contributed by atoms with Crippen molar-refractivity contribution in [3.8, 4) is 12.3 Å². The molecule has 0 spiro atoms. The van der Waals surface area contributed by atoms with Gasteiger partial charge in [-0.05, 0) is 26.3 Å². The van der Waals surface area contributed by atoms with E-state index in [4.69, 9.17) is 11.2 Å². The number of amides is 1. The van der Waals surface area contributed by atoms with E-state index < -0.39 is 0 Å². The Morgan fingerprint density at radius 2 is 2.33 bits per heavy atom. The number of likely N-dealkylation sites (tertiary alicyclic amines) is 1. The molecule has 0 unspecified atom stereocenters. The molecule has 1 saturated heterocycles. The third-order valence-corrected chi connectivity index (χ3v) is 2.88. The van der Waals surface area contributed by atoms with Crippen LogP contribution in [0.4, 0.5) is 0 Å². The summed E-state index contributed by atoms with van der Waals surface area (Å²) in [5.41, 5.74) is 0. The number of hydrogen-bond donors (Lipinski definition) is 1. The van der Waals surface area contributed by atoms with Crippen LogP contribution in [-0.4, -0.2) is 49.6 Å². The maximum atomic E-state index is 11.6. The largest absolute Gasteiger partial charge is 0.466 e. The number of hydrogen-bond acceptors (Lipinski definition) is 4. The highest BCUT2D eigenvalue weighted by molar-refractivity contribution is 5.78.